The molecule has 3 rings (SSSR count). The summed E-state index contributed by atoms with van der Waals surface area (Å²) in [4.78, 5) is 13.2. The van der Waals surface area contributed by atoms with E-state index < -0.39 is 5.97 Å². The van der Waals surface area contributed by atoms with Gasteiger partial charge in [-0.25, -0.2) is 4.79 Å². The van der Waals surface area contributed by atoms with Gasteiger partial charge in [-0.1, -0.05) is 12.1 Å². The smallest absolute Gasteiger partial charge is 0.335 e. The molecule has 1 fully saturated rings. The number of benzene rings is 2. The highest BCUT2D eigenvalue weighted by molar-refractivity contribution is 5.87. The third-order valence-electron chi connectivity index (χ3n) is 4.19. The number of nitrogens with zero attached hydrogens (tertiary/aromatic N) is 1. The molecule has 0 amide bonds. The number of carboxylic acids is 1. The van der Waals surface area contributed by atoms with E-state index in [1.54, 1.807) is 12.1 Å². The van der Waals surface area contributed by atoms with E-state index in [1.165, 1.54) is 12.1 Å². The number of hydrogen-bond donors (Lipinski definition) is 1. The molecule has 2 aromatic carbocycles. The van der Waals surface area contributed by atoms with Crippen LogP contribution < -0.4 is 9.47 Å². The first-order valence-electron chi connectivity index (χ1n) is 8.69. The van der Waals surface area contributed by atoms with Crippen LogP contribution in [0.25, 0.3) is 0 Å². The van der Waals surface area contributed by atoms with Crippen LogP contribution in [0.4, 0.5) is 0 Å². The molecule has 1 aliphatic rings. The predicted octanol–water partition coefficient (Wildman–Crippen LogP) is 2.67. The van der Waals surface area contributed by atoms with Crippen molar-refractivity contribution in [3.05, 3.63) is 59.7 Å². The zero-order chi connectivity index (χ0) is 18.2. The first kappa shape index (κ1) is 18.2. The molecule has 26 heavy (non-hydrogen) atoms. The Morgan fingerprint density at radius 3 is 2.54 bits per heavy atom. The summed E-state index contributed by atoms with van der Waals surface area (Å²) in [6.45, 7) is 5.42. The Hall–Kier alpha value is -2.57. The number of ether oxygens (including phenoxy) is 3. The molecule has 1 N–H and O–H groups in total. The Balaban J connectivity index is 1.46. The highest BCUT2D eigenvalue weighted by atomic mass is 16.5. The lowest BCUT2D eigenvalue weighted by atomic mass is 10.2. The first-order chi connectivity index (χ1) is 12.7. The zero-order valence-corrected chi connectivity index (χ0v) is 14.6. The lowest BCUT2D eigenvalue weighted by molar-refractivity contribution is 0.0322. The Bertz CT molecular complexity index is 710. The minimum absolute atomic E-state index is 0.244. The SMILES string of the molecule is O=C(O)c1ccc(OCc2cccc(OCCN3CCOCC3)c2)cc1. The molecular formula is C20H23NO5. The summed E-state index contributed by atoms with van der Waals surface area (Å²) in [7, 11) is 0. The van der Waals surface area contributed by atoms with Crippen molar-refractivity contribution in [2.75, 3.05) is 39.5 Å². The number of carboxylic acid groups (broad SMARTS) is 1. The maximum atomic E-state index is 10.9. The molecule has 1 aliphatic heterocycles. The molecule has 2 aromatic rings. The van der Waals surface area contributed by atoms with E-state index in [2.05, 4.69) is 4.90 Å². The van der Waals surface area contributed by atoms with E-state index in [4.69, 9.17) is 19.3 Å². The van der Waals surface area contributed by atoms with Gasteiger partial charge in [-0.05, 0) is 42.0 Å². The van der Waals surface area contributed by atoms with Gasteiger partial charge in [-0.15, -0.1) is 0 Å². The van der Waals surface area contributed by atoms with E-state index in [9.17, 15) is 4.79 Å². The van der Waals surface area contributed by atoms with Crippen molar-refractivity contribution in [1.29, 1.82) is 0 Å². The average molecular weight is 357 g/mol. The molecule has 0 radical (unpaired) electrons. The molecule has 0 atom stereocenters. The summed E-state index contributed by atoms with van der Waals surface area (Å²) in [6, 6.07) is 14.2. The molecule has 6 heteroatoms. The quantitative estimate of drug-likeness (QED) is 0.783. The Labute approximate surface area is 152 Å². The van der Waals surface area contributed by atoms with Gasteiger partial charge in [0.15, 0.2) is 0 Å². The van der Waals surface area contributed by atoms with Crippen LogP contribution in [-0.4, -0.2) is 55.4 Å². The second-order valence-corrected chi connectivity index (χ2v) is 6.07. The number of carbonyl (C=O) groups is 1. The fourth-order valence-corrected chi connectivity index (χ4v) is 2.70. The van der Waals surface area contributed by atoms with E-state index in [0.717, 1.165) is 44.2 Å². The van der Waals surface area contributed by atoms with Crippen LogP contribution in [0.15, 0.2) is 48.5 Å². The summed E-state index contributed by atoms with van der Waals surface area (Å²) in [5.74, 6) is 0.507. The normalized spacial score (nSPS) is 14.8. The van der Waals surface area contributed by atoms with Crippen molar-refractivity contribution in [3.63, 3.8) is 0 Å². The van der Waals surface area contributed by atoms with Crippen LogP contribution in [0.3, 0.4) is 0 Å². The molecule has 0 spiro atoms. The van der Waals surface area contributed by atoms with Crippen LogP contribution in [0.2, 0.25) is 0 Å². The Morgan fingerprint density at radius 2 is 1.81 bits per heavy atom. The van der Waals surface area contributed by atoms with Gasteiger partial charge in [-0.3, -0.25) is 4.90 Å². The summed E-state index contributed by atoms with van der Waals surface area (Å²) < 4.78 is 16.9. The van der Waals surface area contributed by atoms with Crippen molar-refractivity contribution in [2.24, 2.45) is 0 Å². The van der Waals surface area contributed by atoms with E-state index >= 15 is 0 Å². The minimum atomic E-state index is -0.946. The largest absolute Gasteiger partial charge is 0.492 e. The first-order valence-corrected chi connectivity index (χ1v) is 8.69. The third kappa shape index (κ3) is 5.47. The van der Waals surface area contributed by atoms with Crippen LogP contribution >= 0.6 is 0 Å². The maximum absolute atomic E-state index is 10.9. The van der Waals surface area contributed by atoms with Crippen molar-refractivity contribution < 1.29 is 24.1 Å². The lowest BCUT2D eigenvalue weighted by Crippen LogP contribution is -2.38. The van der Waals surface area contributed by atoms with E-state index in [1.807, 2.05) is 24.3 Å². The van der Waals surface area contributed by atoms with E-state index in [0.29, 0.717) is 19.0 Å². The topological polar surface area (TPSA) is 68.2 Å². The molecular weight excluding hydrogens is 334 g/mol. The number of aromatic carboxylic acids is 1. The van der Waals surface area contributed by atoms with Gasteiger partial charge in [0, 0.05) is 19.6 Å². The van der Waals surface area contributed by atoms with Gasteiger partial charge >= 0.3 is 5.97 Å². The molecule has 0 unspecified atom stereocenters. The molecule has 1 saturated heterocycles. The van der Waals surface area contributed by atoms with Crippen molar-refractivity contribution in [1.82, 2.24) is 4.90 Å². The zero-order valence-electron chi connectivity index (χ0n) is 14.6. The Morgan fingerprint density at radius 1 is 1.04 bits per heavy atom. The van der Waals surface area contributed by atoms with Crippen molar-refractivity contribution in [2.45, 2.75) is 6.61 Å². The number of rotatable bonds is 8. The van der Waals surface area contributed by atoms with Crippen LogP contribution in [-0.2, 0) is 11.3 Å². The van der Waals surface area contributed by atoms with Gasteiger partial charge < -0.3 is 19.3 Å². The average Bonchev–Trinajstić information content (AvgIpc) is 2.68. The van der Waals surface area contributed by atoms with E-state index in [-0.39, 0.29) is 5.56 Å². The van der Waals surface area contributed by atoms with Crippen LogP contribution in [0, 0.1) is 0 Å². The summed E-state index contributed by atoms with van der Waals surface area (Å²) in [5.41, 5.74) is 1.24. The second kappa shape index (κ2) is 9.22. The van der Waals surface area contributed by atoms with Gasteiger partial charge in [-0.2, -0.15) is 0 Å². The Kier molecular flexibility index (Phi) is 6.46. The van der Waals surface area contributed by atoms with Crippen LogP contribution in [0.5, 0.6) is 11.5 Å². The molecule has 0 bridgehead atoms. The molecule has 6 nitrogen and oxygen atoms in total. The van der Waals surface area contributed by atoms with Crippen LogP contribution in [0.1, 0.15) is 15.9 Å². The van der Waals surface area contributed by atoms with Gasteiger partial charge in [0.2, 0.25) is 0 Å². The summed E-state index contributed by atoms with van der Waals surface area (Å²) in [5, 5.41) is 8.90. The fraction of sp³-hybridized carbons (Fsp3) is 0.350. The molecule has 138 valence electrons. The standard InChI is InChI=1S/C20H23NO5/c22-20(23)17-4-6-18(7-5-17)26-15-16-2-1-3-19(14-16)25-13-10-21-8-11-24-12-9-21/h1-7,14H,8-13,15H2,(H,22,23). The summed E-state index contributed by atoms with van der Waals surface area (Å²) in [6.07, 6.45) is 0. The molecule has 0 aromatic heterocycles. The lowest BCUT2D eigenvalue weighted by Gasteiger charge is -2.26. The molecule has 0 saturated carbocycles. The third-order valence-corrected chi connectivity index (χ3v) is 4.19. The second-order valence-electron chi connectivity index (χ2n) is 6.07. The number of hydrogen-bond acceptors (Lipinski definition) is 5. The number of morpholine rings is 1. The van der Waals surface area contributed by atoms with Gasteiger partial charge in [0.25, 0.3) is 0 Å². The monoisotopic (exact) mass is 357 g/mol. The molecule has 0 aliphatic carbocycles. The molecule has 1 heterocycles. The van der Waals surface area contributed by atoms with Crippen molar-refractivity contribution >= 4 is 5.97 Å². The van der Waals surface area contributed by atoms with Crippen molar-refractivity contribution in [3.8, 4) is 11.5 Å². The van der Waals surface area contributed by atoms with Gasteiger partial charge in [0.1, 0.15) is 24.7 Å². The van der Waals surface area contributed by atoms with Gasteiger partial charge in [0.05, 0.1) is 18.8 Å². The fourth-order valence-electron chi connectivity index (χ4n) is 2.70. The maximum Gasteiger partial charge on any atom is 0.335 e. The predicted molar refractivity (Wildman–Crippen MR) is 96.9 cm³/mol. The highest BCUT2D eigenvalue weighted by Crippen LogP contribution is 2.17. The summed E-state index contributed by atoms with van der Waals surface area (Å²) >= 11 is 0. The minimum Gasteiger partial charge on any atom is -0.492 e. The highest BCUT2D eigenvalue weighted by Gasteiger charge is 2.10.